The Morgan fingerprint density at radius 1 is 1.62 bits per heavy atom. The topological polar surface area (TPSA) is 88.5 Å². The van der Waals surface area contributed by atoms with Gasteiger partial charge in [0.1, 0.15) is 12.0 Å². The maximum absolute atomic E-state index is 11.8. The van der Waals surface area contributed by atoms with Crippen molar-refractivity contribution in [3.05, 3.63) is 23.8 Å². The Labute approximate surface area is 91.9 Å². The molecular weight excluding hydrogens is 208 g/mol. The normalized spacial score (nSPS) is 10.4. The molecule has 0 aromatic carbocycles. The Balaban J connectivity index is 2.20. The smallest absolute Gasteiger partial charge is 0.276 e. The maximum atomic E-state index is 11.8. The van der Waals surface area contributed by atoms with Gasteiger partial charge in [-0.2, -0.15) is 15.2 Å². The number of amides is 1. The van der Waals surface area contributed by atoms with Crippen molar-refractivity contribution < 1.29 is 4.79 Å². The Morgan fingerprint density at radius 3 is 3.06 bits per heavy atom. The largest absolute Gasteiger partial charge is 0.289 e. The fraction of sp³-hybridized carbons (Fsp3) is 0.333. The van der Waals surface area contributed by atoms with Crippen molar-refractivity contribution in [3.8, 4) is 0 Å². The van der Waals surface area contributed by atoms with Crippen LogP contribution in [0.5, 0.6) is 0 Å². The first-order valence-corrected chi connectivity index (χ1v) is 4.92. The van der Waals surface area contributed by atoms with Gasteiger partial charge in [0.15, 0.2) is 0 Å². The molecule has 84 valence electrons. The number of H-pyrrole nitrogens is 1. The Bertz CT molecular complexity index is 486. The molecule has 0 atom stereocenters. The van der Waals surface area contributed by atoms with Gasteiger partial charge in [-0.05, 0) is 19.9 Å². The van der Waals surface area contributed by atoms with Crippen LogP contribution in [0.15, 0.2) is 12.4 Å². The molecule has 0 aliphatic carbocycles. The molecule has 0 unspecified atom stereocenters. The van der Waals surface area contributed by atoms with Crippen molar-refractivity contribution in [2.24, 2.45) is 0 Å². The first-order chi connectivity index (χ1) is 7.70. The van der Waals surface area contributed by atoms with Crippen molar-refractivity contribution in [1.29, 1.82) is 0 Å². The van der Waals surface area contributed by atoms with Crippen LogP contribution in [0.2, 0.25) is 0 Å². The number of carbonyl (C=O) groups excluding carboxylic acids is 1. The molecular formula is C9H12N6O. The molecule has 2 N–H and O–H groups in total. The lowest BCUT2D eigenvalue weighted by atomic mass is 10.3. The Morgan fingerprint density at radius 2 is 2.44 bits per heavy atom. The van der Waals surface area contributed by atoms with Gasteiger partial charge in [0.25, 0.3) is 5.91 Å². The van der Waals surface area contributed by atoms with Crippen molar-refractivity contribution >= 4 is 11.9 Å². The zero-order chi connectivity index (χ0) is 11.5. The van der Waals surface area contributed by atoms with E-state index in [4.69, 9.17) is 0 Å². The van der Waals surface area contributed by atoms with E-state index in [1.165, 1.54) is 6.33 Å². The van der Waals surface area contributed by atoms with Gasteiger partial charge >= 0.3 is 0 Å². The summed E-state index contributed by atoms with van der Waals surface area (Å²) in [5, 5.41) is 13.0. The summed E-state index contributed by atoms with van der Waals surface area (Å²) in [6, 6.07) is 1.73. The Kier molecular flexibility index (Phi) is 2.67. The second-order valence-electron chi connectivity index (χ2n) is 3.27. The molecule has 7 heteroatoms. The number of aryl methyl sites for hydroxylation is 2. The van der Waals surface area contributed by atoms with E-state index in [0.29, 0.717) is 18.2 Å². The number of aromatic amines is 1. The van der Waals surface area contributed by atoms with Crippen molar-refractivity contribution in [2.45, 2.75) is 20.4 Å². The minimum atomic E-state index is -0.251. The molecule has 0 saturated carbocycles. The van der Waals surface area contributed by atoms with E-state index < -0.39 is 0 Å². The molecule has 2 aromatic rings. The van der Waals surface area contributed by atoms with E-state index in [1.807, 2.05) is 13.8 Å². The van der Waals surface area contributed by atoms with Crippen LogP contribution >= 0.6 is 0 Å². The van der Waals surface area contributed by atoms with E-state index in [9.17, 15) is 4.79 Å². The van der Waals surface area contributed by atoms with Gasteiger partial charge in [-0.3, -0.25) is 14.8 Å². The predicted octanol–water partition coefficient (Wildman–Crippen LogP) is 0.582. The van der Waals surface area contributed by atoms with E-state index >= 15 is 0 Å². The number of aromatic nitrogens is 5. The van der Waals surface area contributed by atoms with Crippen LogP contribution in [0.3, 0.4) is 0 Å². The highest BCUT2D eigenvalue weighted by Crippen LogP contribution is 2.06. The molecule has 2 heterocycles. The number of carbonyl (C=O) groups is 1. The fourth-order valence-corrected chi connectivity index (χ4v) is 1.41. The van der Waals surface area contributed by atoms with Gasteiger partial charge in [-0.1, -0.05) is 0 Å². The molecule has 16 heavy (non-hydrogen) atoms. The molecule has 2 rings (SSSR count). The minimum absolute atomic E-state index is 0.251. The fourth-order valence-electron chi connectivity index (χ4n) is 1.41. The summed E-state index contributed by atoms with van der Waals surface area (Å²) in [5.41, 5.74) is 1.32. The summed E-state index contributed by atoms with van der Waals surface area (Å²) < 4.78 is 1.64. The van der Waals surface area contributed by atoms with Gasteiger partial charge in [-0.15, -0.1) is 0 Å². The van der Waals surface area contributed by atoms with Crippen molar-refractivity contribution in [1.82, 2.24) is 25.0 Å². The number of anilines is 1. The quantitative estimate of drug-likeness (QED) is 0.792. The summed E-state index contributed by atoms with van der Waals surface area (Å²) in [6.45, 7) is 4.42. The first kappa shape index (κ1) is 10.3. The first-order valence-electron chi connectivity index (χ1n) is 4.92. The summed E-state index contributed by atoms with van der Waals surface area (Å²) in [5.74, 6) is 0.0747. The van der Waals surface area contributed by atoms with Gasteiger partial charge in [-0.25, -0.2) is 5.10 Å². The minimum Gasteiger partial charge on any atom is -0.289 e. The second kappa shape index (κ2) is 4.13. The predicted molar refractivity (Wildman–Crippen MR) is 57.0 cm³/mol. The number of nitrogens with zero attached hydrogens (tertiary/aromatic N) is 4. The van der Waals surface area contributed by atoms with Crippen LogP contribution in [0, 0.1) is 6.92 Å². The zero-order valence-electron chi connectivity index (χ0n) is 9.06. The standard InChI is InChI=1S/C9H12N6O/c1-3-15-7(4-6(2)14-15)8(16)12-9-10-5-11-13-9/h4-5H,3H2,1-2H3,(H2,10,11,12,13,16). The average molecular weight is 220 g/mol. The van der Waals surface area contributed by atoms with Gasteiger partial charge in [0, 0.05) is 6.54 Å². The molecule has 0 saturated heterocycles. The van der Waals surface area contributed by atoms with Crippen molar-refractivity contribution in [3.63, 3.8) is 0 Å². The van der Waals surface area contributed by atoms with Crippen LogP contribution in [-0.2, 0) is 6.54 Å². The number of rotatable bonds is 3. The van der Waals surface area contributed by atoms with Crippen LogP contribution in [0.4, 0.5) is 5.95 Å². The van der Waals surface area contributed by atoms with Gasteiger partial charge < -0.3 is 0 Å². The molecule has 0 spiro atoms. The molecule has 0 bridgehead atoms. The second-order valence-corrected chi connectivity index (χ2v) is 3.27. The summed E-state index contributed by atoms with van der Waals surface area (Å²) >= 11 is 0. The zero-order valence-corrected chi connectivity index (χ0v) is 9.06. The third kappa shape index (κ3) is 1.92. The third-order valence-electron chi connectivity index (χ3n) is 2.08. The molecule has 0 radical (unpaired) electrons. The highest BCUT2D eigenvalue weighted by Gasteiger charge is 2.13. The van der Waals surface area contributed by atoms with Crippen LogP contribution in [0.1, 0.15) is 23.1 Å². The molecule has 2 aromatic heterocycles. The molecule has 0 fully saturated rings. The lowest BCUT2D eigenvalue weighted by Gasteiger charge is -2.03. The number of hydrogen-bond donors (Lipinski definition) is 2. The average Bonchev–Trinajstić information content (AvgIpc) is 2.86. The van der Waals surface area contributed by atoms with E-state index in [-0.39, 0.29) is 5.91 Å². The van der Waals surface area contributed by atoms with E-state index in [2.05, 4.69) is 25.6 Å². The number of hydrogen-bond acceptors (Lipinski definition) is 4. The molecule has 7 nitrogen and oxygen atoms in total. The number of nitrogens with one attached hydrogen (secondary N) is 2. The van der Waals surface area contributed by atoms with Gasteiger partial charge in [0.05, 0.1) is 5.69 Å². The van der Waals surface area contributed by atoms with Crippen LogP contribution in [0.25, 0.3) is 0 Å². The van der Waals surface area contributed by atoms with Gasteiger partial charge in [0.2, 0.25) is 5.95 Å². The highest BCUT2D eigenvalue weighted by atomic mass is 16.2. The maximum Gasteiger partial charge on any atom is 0.276 e. The summed E-state index contributed by atoms with van der Waals surface area (Å²) in [7, 11) is 0. The van der Waals surface area contributed by atoms with E-state index in [1.54, 1.807) is 10.7 Å². The molecule has 1 amide bonds. The monoisotopic (exact) mass is 220 g/mol. The van der Waals surface area contributed by atoms with Crippen molar-refractivity contribution in [2.75, 3.05) is 5.32 Å². The SMILES string of the molecule is CCn1nc(C)cc1C(=O)Nc1ncn[nH]1. The van der Waals surface area contributed by atoms with Crippen LogP contribution in [-0.4, -0.2) is 30.9 Å². The third-order valence-corrected chi connectivity index (χ3v) is 2.08. The summed E-state index contributed by atoms with van der Waals surface area (Å²) in [6.07, 6.45) is 1.33. The van der Waals surface area contributed by atoms with E-state index in [0.717, 1.165) is 5.69 Å². The molecule has 0 aliphatic heterocycles. The lowest BCUT2D eigenvalue weighted by molar-refractivity contribution is 0.101. The lowest BCUT2D eigenvalue weighted by Crippen LogP contribution is -2.18. The summed E-state index contributed by atoms with van der Waals surface area (Å²) in [4.78, 5) is 15.7. The van der Waals surface area contributed by atoms with Crippen LogP contribution < -0.4 is 5.32 Å². The highest BCUT2D eigenvalue weighted by molar-refractivity contribution is 6.02. The Hall–Kier alpha value is -2.18. The molecule has 0 aliphatic rings.